The first kappa shape index (κ1) is 18.3. The number of hydrogen-bond donors (Lipinski definition) is 1. The maximum atomic E-state index is 5.49. The highest BCUT2D eigenvalue weighted by atomic mass is 79.9. The Hall–Kier alpha value is -0.740. The molecule has 21 heavy (non-hydrogen) atoms. The first-order chi connectivity index (χ1) is 9.97. The number of halogens is 1. The van der Waals surface area contributed by atoms with E-state index >= 15 is 0 Å². The molecule has 1 atom stereocenters. The fourth-order valence-electron chi connectivity index (χ4n) is 2.28. The standard InChI is InChI=1S/C17H28BrNO2/c1-12(2)19-9-8-13(3)6-7-15-16(18)10-14(20-4)11-17(15)21-5/h10-13,19H,6-9H2,1-5H3. The van der Waals surface area contributed by atoms with E-state index in [1.54, 1.807) is 14.2 Å². The second kappa shape index (κ2) is 9.31. The molecule has 0 aliphatic rings. The van der Waals surface area contributed by atoms with Crippen LogP contribution in [0.25, 0.3) is 0 Å². The molecule has 120 valence electrons. The topological polar surface area (TPSA) is 30.5 Å². The molecular formula is C17H28BrNO2. The molecule has 0 aliphatic carbocycles. The molecule has 4 heteroatoms. The number of hydrogen-bond acceptors (Lipinski definition) is 3. The fraction of sp³-hybridized carbons (Fsp3) is 0.647. The van der Waals surface area contributed by atoms with Crippen LogP contribution in [0.3, 0.4) is 0 Å². The number of benzene rings is 1. The van der Waals surface area contributed by atoms with Crippen LogP contribution in [0.5, 0.6) is 11.5 Å². The molecule has 0 spiro atoms. The number of nitrogens with one attached hydrogen (secondary N) is 1. The third-order valence-corrected chi connectivity index (χ3v) is 4.37. The average Bonchev–Trinajstić information content (AvgIpc) is 2.44. The third-order valence-electron chi connectivity index (χ3n) is 3.66. The molecule has 0 radical (unpaired) electrons. The zero-order valence-corrected chi connectivity index (χ0v) is 15.4. The van der Waals surface area contributed by atoms with Gasteiger partial charge in [-0.1, -0.05) is 36.7 Å². The van der Waals surface area contributed by atoms with Gasteiger partial charge in [0.1, 0.15) is 11.5 Å². The van der Waals surface area contributed by atoms with E-state index in [0.717, 1.165) is 35.4 Å². The van der Waals surface area contributed by atoms with Gasteiger partial charge in [0.05, 0.1) is 14.2 Å². The van der Waals surface area contributed by atoms with Crippen LogP contribution in [0.4, 0.5) is 0 Å². The lowest BCUT2D eigenvalue weighted by Gasteiger charge is -2.16. The Balaban J connectivity index is 2.58. The largest absolute Gasteiger partial charge is 0.497 e. The Morgan fingerprint density at radius 3 is 2.38 bits per heavy atom. The van der Waals surface area contributed by atoms with Gasteiger partial charge in [-0.15, -0.1) is 0 Å². The monoisotopic (exact) mass is 357 g/mol. The van der Waals surface area contributed by atoms with Crippen LogP contribution >= 0.6 is 15.9 Å². The molecule has 1 unspecified atom stereocenters. The van der Waals surface area contributed by atoms with Gasteiger partial charge in [0.25, 0.3) is 0 Å². The summed E-state index contributed by atoms with van der Waals surface area (Å²) in [5.74, 6) is 2.40. The van der Waals surface area contributed by atoms with E-state index in [1.807, 2.05) is 12.1 Å². The highest BCUT2D eigenvalue weighted by Crippen LogP contribution is 2.34. The second-order valence-corrected chi connectivity index (χ2v) is 6.69. The average molecular weight is 358 g/mol. The molecule has 0 saturated carbocycles. The van der Waals surface area contributed by atoms with Crippen molar-refractivity contribution in [2.75, 3.05) is 20.8 Å². The first-order valence-electron chi connectivity index (χ1n) is 7.61. The predicted octanol–water partition coefficient (Wildman–Crippen LogP) is 4.42. The zero-order valence-electron chi connectivity index (χ0n) is 13.8. The Kier molecular flexibility index (Phi) is 8.12. The highest BCUT2D eigenvalue weighted by Gasteiger charge is 2.12. The SMILES string of the molecule is COc1cc(Br)c(CCC(C)CCNC(C)C)c(OC)c1. The normalized spacial score (nSPS) is 12.5. The van der Waals surface area contributed by atoms with Crippen molar-refractivity contribution in [3.63, 3.8) is 0 Å². The van der Waals surface area contributed by atoms with Gasteiger partial charge >= 0.3 is 0 Å². The van der Waals surface area contributed by atoms with Crippen LogP contribution in [0.2, 0.25) is 0 Å². The minimum Gasteiger partial charge on any atom is -0.497 e. The summed E-state index contributed by atoms with van der Waals surface area (Å²) in [6.45, 7) is 7.76. The summed E-state index contributed by atoms with van der Waals surface area (Å²) >= 11 is 3.63. The highest BCUT2D eigenvalue weighted by molar-refractivity contribution is 9.10. The van der Waals surface area contributed by atoms with E-state index in [9.17, 15) is 0 Å². The van der Waals surface area contributed by atoms with E-state index in [1.165, 1.54) is 12.0 Å². The molecule has 0 amide bonds. The van der Waals surface area contributed by atoms with Gasteiger partial charge in [-0.3, -0.25) is 0 Å². The Labute approximate surface area is 137 Å². The minimum atomic E-state index is 0.563. The van der Waals surface area contributed by atoms with E-state index < -0.39 is 0 Å². The summed E-state index contributed by atoms with van der Waals surface area (Å²) in [5, 5.41) is 3.47. The molecule has 0 bridgehead atoms. The van der Waals surface area contributed by atoms with Gasteiger partial charge in [-0.05, 0) is 37.8 Å². The van der Waals surface area contributed by atoms with Crippen LogP contribution in [0.1, 0.15) is 39.2 Å². The number of rotatable bonds is 9. The van der Waals surface area contributed by atoms with Crippen molar-refractivity contribution in [3.05, 3.63) is 22.2 Å². The maximum Gasteiger partial charge on any atom is 0.126 e. The van der Waals surface area contributed by atoms with Crippen LogP contribution in [0, 0.1) is 5.92 Å². The lowest BCUT2D eigenvalue weighted by molar-refractivity contribution is 0.387. The molecule has 0 heterocycles. The molecule has 1 rings (SSSR count). The number of methoxy groups -OCH3 is 2. The Bertz CT molecular complexity index is 435. The van der Waals surface area contributed by atoms with Crippen molar-refractivity contribution in [1.82, 2.24) is 5.32 Å². The third kappa shape index (κ3) is 6.27. The molecule has 1 aromatic carbocycles. The molecule has 0 saturated heterocycles. The van der Waals surface area contributed by atoms with Gasteiger partial charge < -0.3 is 14.8 Å². The molecule has 0 aromatic heterocycles. The fourth-order valence-corrected chi connectivity index (χ4v) is 2.90. The van der Waals surface area contributed by atoms with Crippen molar-refractivity contribution in [1.29, 1.82) is 0 Å². The Morgan fingerprint density at radius 1 is 1.10 bits per heavy atom. The van der Waals surface area contributed by atoms with Crippen molar-refractivity contribution in [2.24, 2.45) is 5.92 Å². The van der Waals surface area contributed by atoms with Crippen LogP contribution in [-0.4, -0.2) is 26.8 Å². The summed E-state index contributed by atoms with van der Waals surface area (Å²) in [6.07, 6.45) is 3.37. The molecule has 1 N–H and O–H groups in total. The van der Waals surface area contributed by atoms with Gasteiger partial charge in [-0.25, -0.2) is 0 Å². The van der Waals surface area contributed by atoms with E-state index in [0.29, 0.717) is 12.0 Å². The number of ether oxygens (including phenoxy) is 2. The lowest BCUT2D eigenvalue weighted by atomic mass is 9.97. The van der Waals surface area contributed by atoms with E-state index in [4.69, 9.17) is 9.47 Å². The maximum absolute atomic E-state index is 5.49. The van der Waals surface area contributed by atoms with Crippen LogP contribution in [-0.2, 0) is 6.42 Å². The first-order valence-corrected chi connectivity index (χ1v) is 8.41. The summed E-state index contributed by atoms with van der Waals surface area (Å²) in [5.41, 5.74) is 1.22. The van der Waals surface area contributed by atoms with Crippen molar-refractivity contribution < 1.29 is 9.47 Å². The summed E-state index contributed by atoms with van der Waals surface area (Å²) in [4.78, 5) is 0. The van der Waals surface area contributed by atoms with Gasteiger partial charge in [-0.2, -0.15) is 0 Å². The van der Waals surface area contributed by atoms with Crippen LogP contribution in [0.15, 0.2) is 16.6 Å². The van der Waals surface area contributed by atoms with Gasteiger partial charge in [0.15, 0.2) is 0 Å². The van der Waals surface area contributed by atoms with Crippen molar-refractivity contribution >= 4 is 15.9 Å². The summed E-state index contributed by atoms with van der Waals surface area (Å²) < 4.78 is 11.8. The molecule has 0 aliphatic heterocycles. The zero-order chi connectivity index (χ0) is 15.8. The Morgan fingerprint density at radius 2 is 1.81 bits per heavy atom. The minimum absolute atomic E-state index is 0.563. The van der Waals surface area contributed by atoms with Crippen molar-refractivity contribution in [3.8, 4) is 11.5 Å². The summed E-state index contributed by atoms with van der Waals surface area (Å²) in [6, 6.07) is 4.52. The molecule has 0 fully saturated rings. The predicted molar refractivity (Wildman–Crippen MR) is 92.5 cm³/mol. The van der Waals surface area contributed by atoms with Crippen LogP contribution < -0.4 is 14.8 Å². The molecule has 3 nitrogen and oxygen atoms in total. The molecule has 1 aromatic rings. The van der Waals surface area contributed by atoms with Gasteiger partial charge in [0.2, 0.25) is 0 Å². The van der Waals surface area contributed by atoms with Gasteiger partial charge in [0, 0.05) is 22.1 Å². The molecular weight excluding hydrogens is 330 g/mol. The lowest BCUT2D eigenvalue weighted by Crippen LogP contribution is -2.25. The van der Waals surface area contributed by atoms with Crippen molar-refractivity contribution in [2.45, 2.75) is 46.1 Å². The summed E-state index contributed by atoms with van der Waals surface area (Å²) in [7, 11) is 3.38. The quantitative estimate of drug-likeness (QED) is 0.709. The second-order valence-electron chi connectivity index (χ2n) is 5.83. The van der Waals surface area contributed by atoms with E-state index in [-0.39, 0.29) is 0 Å². The smallest absolute Gasteiger partial charge is 0.126 e. The van der Waals surface area contributed by atoms with E-state index in [2.05, 4.69) is 42.0 Å².